The molecule has 130 valence electrons. The fourth-order valence-corrected chi connectivity index (χ4v) is 4.12. The van der Waals surface area contributed by atoms with Crippen LogP contribution in [0.1, 0.15) is 11.5 Å². The molecule has 0 spiro atoms. The monoisotopic (exact) mass is 357 g/mol. The predicted octanol–water partition coefficient (Wildman–Crippen LogP) is 1.41. The molecule has 1 fully saturated rings. The number of benzene rings is 1. The van der Waals surface area contributed by atoms with Gasteiger partial charge in [0.1, 0.15) is 0 Å². The van der Waals surface area contributed by atoms with Crippen molar-refractivity contribution in [2.45, 2.75) is 10.8 Å². The van der Waals surface area contributed by atoms with Gasteiger partial charge in [0.05, 0.1) is 23.6 Å². The molecule has 0 bridgehead atoms. The number of amides is 2. The lowest BCUT2D eigenvalue weighted by Crippen LogP contribution is -2.28. The summed E-state index contributed by atoms with van der Waals surface area (Å²) in [5, 5.41) is 13.3. The molecule has 0 saturated carbocycles. The van der Waals surface area contributed by atoms with Crippen LogP contribution in [0.5, 0.6) is 0 Å². The van der Waals surface area contributed by atoms with Gasteiger partial charge < -0.3 is 16.0 Å². The van der Waals surface area contributed by atoms with Gasteiger partial charge in [-0.3, -0.25) is 14.3 Å². The smallest absolute Gasteiger partial charge is 0.234 e. The number of hydrogen-bond acceptors (Lipinski definition) is 5. The number of hydrogen-bond donors (Lipinski definition) is 3. The first-order valence-electron chi connectivity index (χ1n) is 8.17. The molecule has 0 unspecified atom stereocenters. The van der Waals surface area contributed by atoms with Gasteiger partial charge in [0.15, 0.2) is 0 Å². The van der Waals surface area contributed by atoms with Gasteiger partial charge in [-0.1, -0.05) is 0 Å². The number of rotatable bonds is 3. The molecule has 3 N–H and O–H groups in total. The Morgan fingerprint density at radius 1 is 1.40 bits per heavy atom. The second-order valence-corrected chi connectivity index (χ2v) is 7.37. The summed E-state index contributed by atoms with van der Waals surface area (Å²) >= 11 is 1.51. The Morgan fingerprint density at radius 3 is 3.08 bits per heavy atom. The second kappa shape index (κ2) is 6.53. The van der Waals surface area contributed by atoms with Crippen molar-refractivity contribution < 1.29 is 9.59 Å². The Hall–Kier alpha value is -2.32. The van der Waals surface area contributed by atoms with E-state index in [0.29, 0.717) is 18.0 Å². The maximum Gasteiger partial charge on any atom is 0.234 e. The van der Waals surface area contributed by atoms with Gasteiger partial charge >= 0.3 is 0 Å². The highest BCUT2D eigenvalue weighted by Gasteiger charge is 2.34. The SMILES string of the molecule is Cn1cc([C@H]2CNC[C@@H]2C(=O)Nc2ccc3c(c2)NC(=O)CS3)cn1. The Kier molecular flexibility index (Phi) is 4.22. The third-order valence-corrected chi connectivity index (χ3v) is 5.66. The second-order valence-electron chi connectivity index (χ2n) is 6.36. The number of thioether (sulfide) groups is 1. The molecular formula is C17H19N5O2S. The predicted molar refractivity (Wildman–Crippen MR) is 96.7 cm³/mol. The Balaban J connectivity index is 1.50. The minimum Gasteiger partial charge on any atom is -0.326 e. The van der Waals surface area contributed by atoms with E-state index in [-0.39, 0.29) is 23.7 Å². The topological polar surface area (TPSA) is 88.0 Å². The van der Waals surface area contributed by atoms with Crippen LogP contribution in [-0.4, -0.2) is 40.4 Å². The van der Waals surface area contributed by atoms with Crippen molar-refractivity contribution in [2.24, 2.45) is 13.0 Å². The number of fused-ring (bicyclic) bond motifs is 1. The summed E-state index contributed by atoms with van der Waals surface area (Å²) in [6.45, 7) is 1.41. The van der Waals surface area contributed by atoms with Crippen molar-refractivity contribution in [3.05, 3.63) is 36.2 Å². The van der Waals surface area contributed by atoms with E-state index >= 15 is 0 Å². The highest BCUT2D eigenvalue weighted by molar-refractivity contribution is 8.00. The molecule has 8 heteroatoms. The molecule has 7 nitrogen and oxygen atoms in total. The van der Waals surface area contributed by atoms with Crippen LogP contribution in [0.2, 0.25) is 0 Å². The van der Waals surface area contributed by atoms with E-state index in [2.05, 4.69) is 21.0 Å². The molecule has 4 rings (SSSR count). The average molecular weight is 357 g/mol. The van der Waals surface area contributed by atoms with E-state index in [0.717, 1.165) is 22.7 Å². The van der Waals surface area contributed by atoms with E-state index < -0.39 is 0 Å². The molecule has 2 aliphatic rings. The first-order valence-corrected chi connectivity index (χ1v) is 9.15. The van der Waals surface area contributed by atoms with Gasteiger partial charge in [0, 0.05) is 42.8 Å². The summed E-state index contributed by atoms with van der Waals surface area (Å²) in [4.78, 5) is 25.3. The number of carbonyl (C=O) groups excluding carboxylic acids is 2. The molecule has 25 heavy (non-hydrogen) atoms. The maximum absolute atomic E-state index is 12.8. The minimum atomic E-state index is -0.149. The van der Waals surface area contributed by atoms with Crippen LogP contribution < -0.4 is 16.0 Å². The summed E-state index contributed by atoms with van der Waals surface area (Å²) in [5.41, 5.74) is 2.53. The van der Waals surface area contributed by atoms with Crippen LogP contribution in [0, 0.1) is 5.92 Å². The summed E-state index contributed by atoms with van der Waals surface area (Å²) in [7, 11) is 1.88. The molecule has 1 aromatic heterocycles. The molecule has 3 heterocycles. The van der Waals surface area contributed by atoms with Crippen LogP contribution in [0.15, 0.2) is 35.5 Å². The molecule has 2 atom stereocenters. The van der Waals surface area contributed by atoms with E-state index in [9.17, 15) is 9.59 Å². The summed E-state index contributed by atoms with van der Waals surface area (Å²) in [5.74, 6) is 0.358. The van der Waals surface area contributed by atoms with Gasteiger partial charge in [-0.2, -0.15) is 5.10 Å². The molecule has 1 saturated heterocycles. The fourth-order valence-electron chi connectivity index (χ4n) is 3.33. The summed E-state index contributed by atoms with van der Waals surface area (Å²) < 4.78 is 1.76. The van der Waals surface area contributed by atoms with E-state index in [1.165, 1.54) is 11.8 Å². The first kappa shape index (κ1) is 16.2. The van der Waals surface area contributed by atoms with Gasteiger partial charge in [-0.05, 0) is 23.8 Å². The van der Waals surface area contributed by atoms with Crippen molar-refractivity contribution in [1.29, 1.82) is 0 Å². The average Bonchev–Trinajstić information content (AvgIpc) is 3.23. The van der Waals surface area contributed by atoms with E-state index in [4.69, 9.17) is 0 Å². The molecule has 0 aliphatic carbocycles. The van der Waals surface area contributed by atoms with Crippen molar-refractivity contribution in [1.82, 2.24) is 15.1 Å². The third kappa shape index (κ3) is 3.27. The van der Waals surface area contributed by atoms with Crippen molar-refractivity contribution in [2.75, 3.05) is 29.5 Å². The van der Waals surface area contributed by atoms with Crippen LogP contribution in [-0.2, 0) is 16.6 Å². The number of aryl methyl sites for hydroxylation is 1. The number of anilines is 2. The number of nitrogens with zero attached hydrogens (tertiary/aromatic N) is 2. The normalized spacial score (nSPS) is 22.4. The van der Waals surface area contributed by atoms with Gasteiger partial charge in [-0.25, -0.2) is 0 Å². The molecule has 0 radical (unpaired) electrons. The zero-order valence-electron chi connectivity index (χ0n) is 13.8. The Bertz CT molecular complexity index is 834. The minimum absolute atomic E-state index is 0.0161. The lowest BCUT2D eigenvalue weighted by Gasteiger charge is -2.19. The first-order chi connectivity index (χ1) is 12.1. The summed E-state index contributed by atoms with van der Waals surface area (Å²) in [6.07, 6.45) is 3.78. The lowest BCUT2D eigenvalue weighted by molar-refractivity contribution is -0.119. The molecular weight excluding hydrogens is 338 g/mol. The van der Waals surface area contributed by atoms with E-state index in [1.54, 1.807) is 4.68 Å². The largest absolute Gasteiger partial charge is 0.326 e. The Morgan fingerprint density at radius 2 is 2.28 bits per heavy atom. The molecule has 2 aliphatic heterocycles. The molecule has 1 aromatic carbocycles. The van der Waals surface area contributed by atoms with Gasteiger partial charge in [-0.15, -0.1) is 11.8 Å². The maximum atomic E-state index is 12.8. The summed E-state index contributed by atoms with van der Waals surface area (Å²) in [6, 6.07) is 5.63. The van der Waals surface area contributed by atoms with Gasteiger partial charge in [0.25, 0.3) is 0 Å². The lowest BCUT2D eigenvalue weighted by atomic mass is 9.90. The van der Waals surface area contributed by atoms with E-state index in [1.807, 2.05) is 37.6 Å². The zero-order valence-corrected chi connectivity index (χ0v) is 14.6. The van der Waals surface area contributed by atoms with Crippen molar-refractivity contribution in [3.8, 4) is 0 Å². The van der Waals surface area contributed by atoms with Crippen LogP contribution >= 0.6 is 11.8 Å². The number of carbonyl (C=O) groups is 2. The fraction of sp³-hybridized carbons (Fsp3) is 0.353. The zero-order chi connectivity index (χ0) is 17.4. The number of nitrogens with one attached hydrogen (secondary N) is 3. The van der Waals surface area contributed by atoms with Crippen LogP contribution in [0.25, 0.3) is 0 Å². The van der Waals surface area contributed by atoms with Crippen LogP contribution in [0.3, 0.4) is 0 Å². The third-order valence-electron chi connectivity index (χ3n) is 4.58. The number of aromatic nitrogens is 2. The van der Waals surface area contributed by atoms with Gasteiger partial charge in [0.2, 0.25) is 11.8 Å². The quantitative estimate of drug-likeness (QED) is 0.773. The highest BCUT2D eigenvalue weighted by atomic mass is 32.2. The Labute approximate surface area is 149 Å². The van der Waals surface area contributed by atoms with Crippen LogP contribution in [0.4, 0.5) is 11.4 Å². The molecule has 2 aromatic rings. The molecule has 2 amide bonds. The van der Waals surface area contributed by atoms with Crippen molar-refractivity contribution in [3.63, 3.8) is 0 Å². The standard InChI is InChI=1S/C17H19N5O2S/c1-22-8-10(5-19-22)12-6-18-7-13(12)17(24)20-11-2-3-15-14(4-11)21-16(23)9-25-15/h2-5,8,12-13,18H,6-7,9H2,1H3,(H,20,24)(H,21,23)/t12-,13+/m1/s1. The highest BCUT2D eigenvalue weighted by Crippen LogP contribution is 2.34. The van der Waals surface area contributed by atoms with Crippen molar-refractivity contribution >= 4 is 35.0 Å².